The predicted molar refractivity (Wildman–Crippen MR) is 124 cm³/mol. The van der Waals surface area contributed by atoms with Crippen molar-refractivity contribution >= 4 is 26.6 Å². The molecular formula is C24H23N3O3S. The zero-order valence-corrected chi connectivity index (χ0v) is 18.3. The van der Waals surface area contributed by atoms with E-state index < -0.39 is 10.0 Å². The van der Waals surface area contributed by atoms with Crippen LogP contribution in [-0.2, 0) is 15.4 Å². The number of hydrogen-bond acceptors (Lipinski definition) is 4. The van der Waals surface area contributed by atoms with Crippen LogP contribution >= 0.6 is 0 Å². The molecule has 0 radical (unpaired) electrons. The second kappa shape index (κ2) is 7.67. The molecule has 0 aliphatic heterocycles. The third kappa shape index (κ3) is 4.36. The van der Waals surface area contributed by atoms with Crippen LogP contribution in [0.1, 0.15) is 26.3 Å². The van der Waals surface area contributed by atoms with Crippen LogP contribution in [0.2, 0.25) is 0 Å². The second-order valence-corrected chi connectivity index (χ2v) is 10.1. The average molecular weight is 434 g/mol. The highest BCUT2D eigenvalue weighted by Gasteiger charge is 2.18. The van der Waals surface area contributed by atoms with Gasteiger partial charge in [0.25, 0.3) is 15.6 Å². The predicted octanol–water partition coefficient (Wildman–Crippen LogP) is 4.69. The van der Waals surface area contributed by atoms with Gasteiger partial charge in [0.1, 0.15) is 5.82 Å². The summed E-state index contributed by atoms with van der Waals surface area (Å²) >= 11 is 0. The molecule has 4 aromatic rings. The van der Waals surface area contributed by atoms with E-state index in [-0.39, 0.29) is 15.9 Å². The molecule has 0 spiro atoms. The Morgan fingerprint density at radius 2 is 1.61 bits per heavy atom. The molecule has 6 nitrogen and oxygen atoms in total. The van der Waals surface area contributed by atoms with Crippen LogP contribution in [0.25, 0.3) is 22.3 Å². The van der Waals surface area contributed by atoms with Crippen molar-refractivity contribution in [1.82, 2.24) is 9.97 Å². The molecule has 2 N–H and O–H groups in total. The van der Waals surface area contributed by atoms with Crippen LogP contribution in [-0.4, -0.2) is 18.4 Å². The van der Waals surface area contributed by atoms with E-state index in [1.54, 1.807) is 54.6 Å². The Bertz CT molecular complexity index is 1420. The van der Waals surface area contributed by atoms with E-state index in [1.807, 2.05) is 18.2 Å². The molecule has 0 aliphatic rings. The van der Waals surface area contributed by atoms with Gasteiger partial charge in [-0.15, -0.1) is 0 Å². The molecule has 0 atom stereocenters. The van der Waals surface area contributed by atoms with Gasteiger partial charge in [-0.1, -0.05) is 57.2 Å². The third-order valence-corrected chi connectivity index (χ3v) is 6.43. The lowest BCUT2D eigenvalue weighted by atomic mass is 9.87. The van der Waals surface area contributed by atoms with Crippen LogP contribution < -0.4 is 10.3 Å². The summed E-state index contributed by atoms with van der Waals surface area (Å²) in [6.45, 7) is 6.22. The lowest BCUT2D eigenvalue weighted by molar-refractivity contribution is 0.587. The number of aromatic amines is 1. The number of benzene rings is 3. The van der Waals surface area contributed by atoms with Gasteiger partial charge in [-0.25, -0.2) is 13.4 Å². The second-order valence-electron chi connectivity index (χ2n) is 8.39. The SMILES string of the molecule is CC(C)(C)c1ccc(S(=O)(=O)Nc2cccc(-c3nc4ccccc4c(=O)[nH]3)c2)cc1. The van der Waals surface area contributed by atoms with Gasteiger partial charge < -0.3 is 4.98 Å². The number of H-pyrrole nitrogens is 1. The molecule has 4 rings (SSSR count). The largest absolute Gasteiger partial charge is 0.306 e. The van der Waals surface area contributed by atoms with Crippen molar-refractivity contribution in [2.75, 3.05) is 4.72 Å². The summed E-state index contributed by atoms with van der Waals surface area (Å²) in [5, 5.41) is 0.502. The van der Waals surface area contributed by atoms with Crippen LogP contribution in [0.4, 0.5) is 5.69 Å². The first kappa shape index (κ1) is 20.8. The minimum atomic E-state index is -3.76. The molecule has 0 saturated carbocycles. The highest BCUT2D eigenvalue weighted by atomic mass is 32.2. The van der Waals surface area contributed by atoms with Crippen molar-refractivity contribution in [2.45, 2.75) is 31.1 Å². The number of rotatable bonds is 4. The molecule has 0 aliphatic carbocycles. The zero-order chi connectivity index (χ0) is 22.2. The first-order valence-corrected chi connectivity index (χ1v) is 11.3. The Balaban J connectivity index is 1.65. The first-order chi connectivity index (χ1) is 14.6. The molecule has 1 aromatic heterocycles. The molecule has 0 unspecified atom stereocenters. The molecule has 0 fully saturated rings. The maximum absolute atomic E-state index is 12.9. The lowest BCUT2D eigenvalue weighted by Gasteiger charge is -2.19. The number of nitrogens with zero attached hydrogens (tertiary/aromatic N) is 1. The van der Waals surface area contributed by atoms with E-state index in [4.69, 9.17) is 0 Å². The van der Waals surface area contributed by atoms with Crippen molar-refractivity contribution in [2.24, 2.45) is 0 Å². The Morgan fingerprint density at radius 1 is 0.903 bits per heavy atom. The van der Waals surface area contributed by atoms with Gasteiger partial charge in [0.2, 0.25) is 0 Å². The van der Waals surface area contributed by atoms with Gasteiger partial charge in [0, 0.05) is 11.3 Å². The maximum Gasteiger partial charge on any atom is 0.261 e. The molecule has 7 heteroatoms. The van der Waals surface area contributed by atoms with E-state index in [9.17, 15) is 13.2 Å². The Morgan fingerprint density at radius 3 is 2.32 bits per heavy atom. The summed E-state index contributed by atoms with van der Waals surface area (Å²) in [5.74, 6) is 0.374. The molecule has 0 amide bonds. The summed E-state index contributed by atoms with van der Waals surface area (Å²) in [6, 6.07) is 20.7. The van der Waals surface area contributed by atoms with Crippen LogP contribution in [0, 0.1) is 0 Å². The summed E-state index contributed by atoms with van der Waals surface area (Å²) < 4.78 is 28.3. The normalized spacial score (nSPS) is 12.1. The zero-order valence-electron chi connectivity index (χ0n) is 17.5. The van der Waals surface area contributed by atoms with Crippen LogP contribution in [0.5, 0.6) is 0 Å². The number of anilines is 1. The highest BCUT2D eigenvalue weighted by Crippen LogP contribution is 2.25. The molecule has 31 heavy (non-hydrogen) atoms. The minimum Gasteiger partial charge on any atom is -0.306 e. The van der Waals surface area contributed by atoms with Crippen LogP contribution in [0.15, 0.2) is 82.5 Å². The quantitative estimate of drug-likeness (QED) is 0.488. The fraction of sp³-hybridized carbons (Fsp3) is 0.167. The molecule has 158 valence electrons. The Kier molecular flexibility index (Phi) is 5.15. The van der Waals surface area contributed by atoms with Crippen LogP contribution in [0.3, 0.4) is 0 Å². The van der Waals surface area contributed by atoms with E-state index in [0.717, 1.165) is 5.56 Å². The van der Waals surface area contributed by atoms with E-state index in [0.29, 0.717) is 28.0 Å². The monoisotopic (exact) mass is 433 g/mol. The topological polar surface area (TPSA) is 91.9 Å². The first-order valence-electron chi connectivity index (χ1n) is 9.86. The summed E-state index contributed by atoms with van der Waals surface area (Å²) in [5.41, 5.74) is 2.31. The summed E-state index contributed by atoms with van der Waals surface area (Å²) in [4.78, 5) is 19.8. The number of sulfonamides is 1. The van der Waals surface area contributed by atoms with Gasteiger partial charge in [0.15, 0.2) is 0 Å². The fourth-order valence-electron chi connectivity index (χ4n) is 3.30. The third-order valence-electron chi connectivity index (χ3n) is 5.03. The summed E-state index contributed by atoms with van der Waals surface area (Å²) in [6.07, 6.45) is 0. The average Bonchev–Trinajstić information content (AvgIpc) is 2.73. The maximum atomic E-state index is 12.9. The van der Waals surface area contributed by atoms with Gasteiger partial charge >= 0.3 is 0 Å². The van der Waals surface area contributed by atoms with Gasteiger partial charge in [-0.05, 0) is 47.4 Å². The highest BCUT2D eigenvalue weighted by molar-refractivity contribution is 7.92. The van der Waals surface area contributed by atoms with Gasteiger partial charge in [-0.2, -0.15) is 0 Å². The Hall–Kier alpha value is -3.45. The lowest BCUT2D eigenvalue weighted by Crippen LogP contribution is -2.15. The van der Waals surface area contributed by atoms with Crippen molar-refractivity contribution in [3.8, 4) is 11.4 Å². The molecular weight excluding hydrogens is 410 g/mol. The molecule has 3 aromatic carbocycles. The van der Waals surface area contributed by atoms with Crippen molar-refractivity contribution in [3.63, 3.8) is 0 Å². The summed E-state index contributed by atoms with van der Waals surface area (Å²) in [7, 11) is -3.76. The van der Waals surface area contributed by atoms with E-state index in [1.165, 1.54) is 0 Å². The van der Waals surface area contributed by atoms with Gasteiger partial charge in [0.05, 0.1) is 15.8 Å². The molecule has 0 bridgehead atoms. The van der Waals surface area contributed by atoms with Crippen molar-refractivity contribution in [3.05, 3.63) is 88.7 Å². The van der Waals surface area contributed by atoms with Crippen molar-refractivity contribution < 1.29 is 8.42 Å². The van der Waals surface area contributed by atoms with Gasteiger partial charge in [-0.3, -0.25) is 9.52 Å². The number of nitrogens with one attached hydrogen (secondary N) is 2. The van der Waals surface area contributed by atoms with E-state index >= 15 is 0 Å². The fourth-order valence-corrected chi connectivity index (χ4v) is 4.35. The molecule has 1 heterocycles. The minimum absolute atomic E-state index is 0.0617. The van der Waals surface area contributed by atoms with E-state index in [2.05, 4.69) is 35.5 Å². The Labute approximate surface area is 181 Å². The standard InChI is InChI=1S/C24H23N3O3S/c1-24(2,3)17-11-13-19(14-12-17)31(29,30)27-18-8-6-7-16(15-18)22-25-21-10-5-4-9-20(21)23(28)26-22/h4-15,27H,1-3H3,(H,25,26,28). The smallest absolute Gasteiger partial charge is 0.261 e. The number of para-hydroxylation sites is 1. The number of hydrogen-bond donors (Lipinski definition) is 2. The molecule has 0 saturated heterocycles. The number of fused-ring (bicyclic) bond motifs is 1. The van der Waals surface area contributed by atoms with Crippen molar-refractivity contribution in [1.29, 1.82) is 0 Å². The number of aromatic nitrogens is 2.